The molecule has 9 heteroatoms. The number of rotatable bonds is 6. The van der Waals surface area contributed by atoms with E-state index >= 15 is 0 Å². The number of aromatic nitrogens is 3. The zero-order valence-electron chi connectivity index (χ0n) is 16.3. The van der Waals surface area contributed by atoms with E-state index < -0.39 is 5.91 Å². The molecular formula is C20H21N5O3S. The highest BCUT2D eigenvalue weighted by Gasteiger charge is 2.13. The third kappa shape index (κ3) is 5.14. The number of hydrogen-bond acceptors (Lipinski definition) is 6. The van der Waals surface area contributed by atoms with Crippen LogP contribution in [0.15, 0.2) is 53.7 Å². The summed E-state index contributed by atoms with van der Waals surface area (Å²) in [7, 11) is 3.40. The van der Waals surface area contributed by atoms with Crippen LogP contribution in [-0.4, -0.2) is 39.4 Å². The molecule has 0 aliphatic heterocycles. The summed E-state index contributed by atoms with van der Waals surface area (Å²) in [4.78, 5) is 24.1. The van der Waals surface area contributed by atoms with Gasteiger partial charge in [-0.25, -0.2) is 0 Å². The number of thioether (sulfide) groups is 1. The van der Waals surface area contributed by atoms with Crippen molar-refractivity contribution in [3.63, 3.8) is 0 Å². The molecule has 2 amide bonds. The Morgan fingerprint density at radius 1 is 1.03 bits per heavy atom. The van der Waals surface area contributed by atoms with Crippen molar-refractivity contribution < 1.29 is 14.3 Å². The van der Waals surface area contributed by atoms with E-state index in [2.05, 4.69) is 21.0 Å². The number of hydrazine groups is 1. The highest BCUT2D eigenvalue weighted by Crippen LogP contribution is 2.22. The second-order valence-corrected chi connectivity index (χ2v) is 7.19. The van der Waals surface area contributed by atoms with Gasteiger partial charge in [0.15, 0.2) is 11.0 Å². The van der Waals surface area contributed by atoms with Crippen LogP contribution in [0.4, 0.5) is 0 Å². The molecule has 8 nitrogen and oxygen atoms in total. The number of carbonyl (C=O) groups is 2. The van der Waals surface area contributed by atoms with Gasteiger partial charge >= 0.3 is 0 Å². The van der Waals surface area contributed by atoms with E-state index in [-0.39, 0.29) is 11.7 Å². The number of carbonyl (C=O) groups excluding carboxylic acids is 2. The predicted molar refractivity (Wildman–Crippen MR) is 111 cm³/mol. The molecule has 0 saturated heterocycles. The number of nitrogens with one attached hydrogen (secondary N) is 2. The van der Waals surface area contributed by atoms with Crippen LogP contribution in [0.2, 0.25) is 0 Å². The van der Waals surface area contributed by atoms with Crippen molar-refractivity contribution in [1.29, 1.82) is 0 Å². The minimum absolute atomic E-state index is 0.0861. The number of hydrogen-bond donors (Lipinski definition) is 2. The summed E-state index contributed by atoms with van der Waals surface area (Å²) in [5, 5.41) is 8.95. The van der Waals surface area contributed by atoms with Gasteiger partial charge < -0.3 is 9.30 Å². The second-order valence-electron chi connectivity index (χ2n) is 6.25. The van der Waals surface area contributed by atoms with Crippen LogP contribution in [0.1, 0.15) is 15.9 Å². The molecule has 1 aromatic heterocycles. The van der Waals surface area contributed by atoms with E-state index in [4.69, 9.17) is 4.74 Å². The highest BCUT2D eigenvalue weighted by atomic mass is 32.2. The molecule has 0 atom stereocenters. The smallest absolute Gasteiger partial charge is 0.269 e. The lowest BCUT2D eigenvalue weighted by atomic mass is 10.1. The minimum Gasteiger partial charge on any atom is -0.497 e. The van der Waals surface area contributed by atoms with Gasteiger partial charge in [-0.15, -0.1) is 10.2 Å². The Labute approximate surface area is 172 Å². The lowest BCUT2D eigenvalue weighted by molar-refractivity contribution is -0.119. The van der Waals surface area contributed by atoms with E-state index in [1.54, 1.807) is 31.4 Å². The summed E-state index contributed by atoms with van der Waals surface area (Å²) < 4.78 is 6.88. The van der Waals surface area contributed by atoms with Crippen LogP contribution in [0.25, 0.3) is 11.4 Å². The number of amides is 2. The summed E-state index contributed by atoms with van der Waals surface area (Å²) in [6.45, 7) is 2.02. The maximum atomic E-state index is 12.1. The van der Waals surface area contributed by atoms with Crippen LogP contribution in [0.5, 0.6) is 5.75 Å². The molecule has 0 aliphatic carbocycles. The van der Waals surface area contributed by atoms with Crippen LogP contribution in [-0.2, 0) is 11.8 Å². The normalized spacial score (nSPS) is 10.4. The Morgan fingerprint density at radius 3 is 2.38 bits per heavy atom. The molecule has 2 N–H and O–H groups in total. The van der Waals surface area contributed by atoms with Crippen molar-refractivity contribution in [3.8, 4) is 17.1 Å². The second kappa shape index (κ2) is 9.24. The molecule has 0 fully saturated rings. The molecule has 3 rings (SSSR count). The minimum atomic E-state index is -0.411. The van der Waals surface area contributed by atoms with Crippen LogP contribution < -0.4 is 15.6 Å². The predicted octanol–water partition coefficient (Wildman–Crippen LogP) is 2.35. The van der Waals surface area contributed by atoms with Gasteiger partial charge in [0, 0.05) is 18.2 Å². The fourth-order valence-corrected chi connectivity index (χ4v) is 3.21. The molecule has 2 aromatic carbocycles. The molecule has 0 aliphatic rings. The van der Waals surface area contributed by atoms with Crippen molar-refractivity contribution in [3.05, 3.63) is 59.7 Å². The number of aryl methyl sites for hydroxylation is 1. The first-order chi connectivity index (χ1) is 14.0. The van der Waals surface area contributed by atoms with Crippen molar-refractivity contribution in [2.75, 3.05) is 12.9 Å². The Balaban J connectivity index is 1.51. The summed E-state index contributed by atoms with van der Waals surface area (Å²) in [5.74, 6) is 0.697. The first-order valence-corrected chi connectivity index (χ1v) is 9.79. The lowest BCUT2D eigenvalue weighted by Gasteiger charge is -2.08. The summed E-state index contributed by atoms with van der Waals surface area (Å²) >= 11 is 1.24. The molecule has 0 saturated carbocycles. The summed E-state index contributed by atoms with van der Waals surface area (Å²) in [5.41, 5.74) is 7.31. The highest BCUT2D eigenvalue weighted by molar-refractivity contribution is 7.99. The lowest BCUT2D eigenvalue weighted by Crippen LogP contribution is -2.42. The van der Waals surface area contributed by atoms with Crippen molar-refractivity contribution in [1.82, 2.24) is 25.6 Å². The third-order valence-corrected chi connectivity index (χ3v) is 5.16. The fraction of sp³-hybridized carbons (Fsp3) is 0.200. The fourth-order valence-electron chi connectivity index (χ4n) is 2.50. The van der Waals surface area contributed by atoms with Gasteiger partial charge in [0.2, 0.25) is 5.91 Å². The topological polar surface area (TPSA) is 98.1 Å². The van der Waals surface area contributed by atoms with Crippen molar-refractivity contribution in [2.45, 2.75) is 12.1 Å². The van der Waals surface area contributed by atoms with E-state index in [1.807, 2.05) is 42.8 Å². The maximum Gasteiger partial charge on any atom is 0.269 e. The standard InChI is InChI=1S/C20H21N5O3S/c1-13-4-6-14(7-5-13)18-22-24-20(25(18)2)29-12-17(26)21-23-19(27)15-8-10-16(28-3)11-9-15/h4-11H,12H2,1-3H3,(H,21,26)(H,23,27). The first-order valence-electron chi connectivity index (χ1n) is 8.80. The van der Waals surface area contributed by atoms with Gasteiger partial charge in [0.1, 0.15) is 5.75 Å². The zero-order chi connectivity index (χ0) is 20.8. The van der Waals surface area contributed by atoms with E-state index in [9.17, 15) is 9.59 Å². The first kappa shape index (κ1) is 20.4. The average Bonchev–Trinajstić information content (AvgIpc) is 3.11. The van der Waals surface area contributed by atoms with Gasteiger partial charge in [-0.2, -0.15) is 0 Å². The van der Waals surface area contributed by atoms with Crippen molar-refractivity contribution in [2.24, 2.45) is 7.05 Å². The molecule has 0 spiro atoms. The summed E-state index contributed by atoms with van der Waals surface area (Å²) in [6, 6.07) is 14.6. The quantitative estimate of drug-likeness (QED) is 0.477. The maximum absolute atomic E-state index is 12.1. The van der Waals surface area contributed by atoms with Gasteiger partial charge in [-0.05, 0) is 31.2 Å². The van der Waals surface area contributed by atoms with Crippen molar-refractivity contribution >= 4 is 23.6 Å². The molecule has 0 radical (unpaired) electrons. The van der Waals surface area contributed by atoms with E-state index in [1.165, 1.54) is 17.3 Å². The Bertz CT molecular complexity index is 1000. The number of benzene rings is 2. The van der Waals surface area contributed by atoms with Gasteiger partial charge in [0.05, 0.1) is 12.9 Å². The van der Waals surface area contributed by atoms with Gasteiger partial charge in [0.25, 0.3) is 5.91 Å². The SMILES string of the molecule is COc1ccc(C(=O)NNC(=O)CSc2nnc(-c3ccc(C)cc3)n2C)cc1. The van der Waals surface area contributed by atoms with Crippen LogP contribution in [0, 0.1) is 6.92 Å². The summed E-state index contributed by atoms with van der Waals surface area (Å²) in [6.07, 6.45) is 0. The van der Waals surface area contributed by atoms with Gasteiger partial charge in [-0.1, -0.05) is 41.6 Å². The van der Waals surface area contributed by atoms with E-state index in [0.29, 0.717) is 16.5 Å². The van der Waals surface area contributed by atoms with E-state index in [0.717, 1.165) is 11.4 Å². The number of ether oxygens (including phenoxy) is 1. The zero-order valence-corrected chi connectivity index (χ0v) is 17.1. The monoisotopic (exact) mass is 411 g/mol. The van der Waals surface area contributed by atoms with Crippen LogP contribution in [0.3, 0.4) is 0 Å². The Kier molecular flexibility index (Phi) is 6.50. The molecule has 0 unspecified atom stereocenters. The third-order valence-electron chi connectivity index (χ3n) is 4.14. The molecule has 29 heavy (non-hydrogen) atoms. The number of nitrogens with zero attached hydrogens (tertiary/aromatic N) is 3. The molecular weight excluding hydrogens is 390 g/mol. The largest absolute Gasteiger partial charge is 0.497 e. The molecule has 150 valence electrons. The Hall–Kier alpha value is -3.33. The molecule has 1 heterocycles. The average molecular weight is 411 g/mol. The Morgan fingerprint density at radius 2 is 1.72 bits per heavy atom. The van der Waals surface area contributed by atoms with Crippen LogP contribution >= 0.6 is 11.8 Å². The molecule has 0 bridgehead atoms. The molecule has 3 aromatic rings. The van der Waals surface area contributed by atoms with Gasteiger partial charge in [-0.3, -0.25) is 20.4 Å². The number of methoxy groups -OCH3 is 1.